The van der Waals surface area contributed by atoms with Gasteiger partial charge in [-0.2, -0.15) is 0 Å². The van der Waals surface area contributed by atoms with Crippen molar-refractivity contribution < 1.29 is 9.50 Å². The minimum absolute atomic E-state index is 0.272. The van der Waals surface area contributed by atoms with E-state index in [0.717, 1.165) is 11.1 Å². The van der Waals surface area contributed by atoms with Gasteiger partial charge in [0.1, 0.15) is 11.4 Å². The third-order valence-corrected chi connectivity index (χ3v) is 4.60. The molecule has 0 saturated carbocycles. The van der Waals surface area contributed by atoms with E-state index < -0.39 is 5.60 Å². The molecular formula is C21H19ClFNO. The fourth-order valence-corrected chi connectivity index (χ4v) is 3.03. The van der Waals surface area contributed by atoms with E-state index in [9.17, 15) is 9.50 Å². The van der Waals surface area contributed by atoms with E-state index in [1.807, 2.05) is 54.6 Å². The number of hydrogen-bond acceptors (Lipinski definition) is 2. The zero-order chi connectivity index (χ0) is 17.7. The molecule has 0 spiro atoms. The Kier molecular flexibility index (Phi) is 5.49. The molecule has 0 fully saturated rings. The molecule has 0 heterocycles. The minimum Gasteiger partial charge on any atom is -0.379 e. The summed E-state index contributed by atoms with van der Waals surface area (Å²) in [6.45, 7) is 0.796. The van der Waals surface area contributed by atoms with Crippen molar-refractivity contribution in [1.82, 2.24) is 5.32 Å². The number of rotatable bonds is 6. The first-order valence-corrected chi connectivity index (χ1v) is 8.45. The molecule has 2 N–H and O–H groups in total. The van der Waals surface area contributed by atoms with Crippen LogP contribution in [0.1, 0.15) is 16.7 Å². The van der Waals surface area contributed by atoms with Gasteiger partial charge in [-0.3, -0.25) is 0 Å². The lowest BCUT2D eigenvalue weighted by molar-refractivity contribution is 0.0795. The Balaban J connectivity index is 1.84. The monoisotopic (exact) mass is 355 g/mol. The summed E-state index contributed by atoms with van der Waals surface area (Å²) in [6, 6.07) is 22.9. The predicted molar refractivity (Wildman–Crippen MR) is 99.0 cm³/mol. The lowest BCUT2D eigenvalue weighted by Gasteiger charge is -2.30. The van der Waals surface area contributed by atoms with Crippen LogP contribution in [-0.2, 0) is 12.1 Å². The fourth-order valence-electron chi connectivity index (χ4n) is 2.83. The maximum absolute atomic E-state index is 13.3. The van der Waals surface area contributed by atoms with Crippen molar-refractivity contribution in [2.45, 2.75) is 12.1 Å². The summed E-state index contributed by atoms with van der Waals surface area (Å²) in [7, 11) is 0. The third-order valence-electron chi connectivity index (χ3n) is 4.23. The summed E-state index contributed by atoms with van der Waals surface area (Å²) >= 11 is 6.18. The van der Waals surface area contributed by atoms with Crippen molar-refractivity contribution in [1.29, 1.82) is 0 Å². The highest BCUT2D eigenvalue weighted by Gasteiger charge is 2.31. The molecular weight excluding hydrogens is 337 g/mol. The highest BCUT2D eigenvalue weighted by Crippen LogP contribution is 2.29. The zero-order valence-corrected chi connectivity index (χ0v) is 14.4. The molecule has 128 valence electrons. The average molecular weight is 356 g/mol. The standard InChI is InChI=1S/C21H19ClFNO/c22-20-9-5-4-6-16(20)14-24-15-21(25,17-7-2-1-3-8-17)18-10-12-19(23)13-11-18/h1-13,24-25H,14-15H2. The van der Waals surface area contributed by atoms with Gasteiger partial charge in [0.05, 0.1) is 0 Å². The molecule has 3 aromatic carbocycles. The molecule has 25 heavy (non-hydrogen) atoms. The average Bonchev–Trinajstić information content (AvgIpc) is 2.64. The lowest BCUT2D eigenvalue weighted by atomic mass is 9.86. The summed E-state index contributed by atoms with van der Waals surface area (Å²) < 4.78 is 13.3. The van der Waals surface area contributed by atoms with E-state index in [1.165, 1.54) is 12.1 Å². The van der Waals surface area contributed by atoms with Crippen LogP contribution in [0.3, 0.4) is 0 Å². The normalized spacial score (nSPS) is 13.4. The Bertz CT molecular complexity index is 823. The van der Waals surface area contributed by atoms with Gasteiger partial charge in [-0.1, -0.05) is 72.3 Å². The second kappa shape index (κ2) is 7.79. The summed E-state index contributed by atoms with van der Waals surface area (Å²) in [6.07, 6.45) is 0. The molecule has 1 unspecified atom stereocenters. The molecule has 1 atom stereocenters. The van der Waals surface area contributed by atoms with Crippen LogP contribution in [0.5, 0.6) is 0 Å². The first-order chi connectivity index (χ1) is 12.1. The van der Waals surface area contributed by atoms with E-state index in [2.05, 4.69) is 5.32 Å². The number of hydrogen-bond donors (Lipinski definition) is 2. The van der Waals surface area contributed by atoms with Gasteiger partial charge in [-0.15, -0.1) is 0 Å². The van der Waals surface area contributed by atoms with E-state index in [4.69, 9.17) is 11.6 Å². The molecule has 2 nitrogen and oxygen atoms in total. The summed E-state index contributed by atoms with van der Waals surface area (Å²) in [5.41, 5.74) is 1.06. The van der Waals surface area contributed by atoms with Gasteiger partial charge in [0.15, 0.2) is 0 Å². The number of nitrogens with one attached hydrogen (secondary N) is 1. The molecule has 4 heteroatoms. The summed E-state index contributed by atoms with van der Waals surface area (Å²) in [4.78, 5) is 0. The summed E-state index contributed by atoms with van der Waals surface area (Å²) in [5.74, 6) is -0.330. The van der Waals surface area contributed by atoms with Gasteiger partial charge >= 0.3 is 0 Å². The van der Waals surface area contributed by atoms with Crippen molar-refractivity contribution in [2.75, 3.05) is 6.54 Å². The molecule has 0 aliphatic rings. The zero-order valence-electron chi connectivity index (χ0n) is 13.6. The highest BCUT2D eigenvalue weighted by molar-refractivity contribution is 6.31. The molecule has 0 amide bonds. The van der Waals surface area contributed by atoms with Crippen LogP contribution in [0.25, 0.3) is 0 Å². The first kappa shape index (κ1) is 17.6. The van der Waals surface area contributed by atoms with E-state index in [1.54, 1.807) is 12.1 Å². The molecule has 0 saturated heterocycles. The maximum atomic E-state index is 13.3. The van der Waals surface area contributed by atoms with Gasteiger partial charge in [-0.25, -0.2) is 4.39 Å². The van der Waals surface area contributed by atoms with Crippen molar-refractivity contribution in [3.05, 3.63) is 106 Å². The summed E-state index contributed by atoms with van der Waals surface area (Å²) in [5, 5.41) is 15.3. The van der Waals surface area contributed by atoms with Crippen LogP contribution < -0.4 is 5.32 Å². The van der Waals surface area contributed by atoms with Gasteiger partial charge in [-0.05, 0) is 34.9 Å². The van der Waals surface area contributed by atoms with Gasteiger partial charge in [0.2, 0.25) is 0 Å². The second-order valence-electron chi connectivity index (χ2n) is 5.93. The molecule has 3 aromatic rings. The van der Waals surface area contributed by atoms with Crippen molar-refractivity contribution >= 4 is 11.6 Å². The second-order valence-corrected chi connectivity index (χ2v) is 6.34. The molecule has 0 aromatic heterocycles. The highest BCUT2D eigenvalue weighted by atomic mass is 35.5. The Morgan fingerprint density at radius 1 is 0.840 bits per heavy atom. The van der Waals surface area contributed by atoms with Crippen LogP contribution in [0.15, 0.2) is 78.9 Å². The van der Waals surface area contributed by atoms with Crippen LogP contribution in [0, 0.1) is 5.82 Å². The van der Waals surface area contributed by atoms with E-state index in [0.29, 0.717) is 17.1 Å². The Labute approximate surface area is 151 Å². The van der Waals surface area contributed by atoms with Gasteiger partial charge in [0, 0.05) is 18.1 Å². The van der Waals surface area contributed by atoms with Gasteiger partial charge in [0.25, 0.3) is 0 Å². The molecule has 0 bridgehead atoms. The predicted octanol–water partition coefficient (Wildman–Crippen LogP) is 4.50. The molecule has 0 aliphatic carbocycles. The van der Waals surface area contributed by atoms with Crippen LogP contribution in [-0.4, -0.2) is 11.7 Å². The third kappa shape index (κ3) is 4.07. The van der Waals surface area contributed by atoms with Crippen molar-refractivity contribution in [3.8, 4) is 0 Å². The van der Waals surface area contributed by atoms with Crippen LogP contribution in [0.4, 0.5) is 4.39 Å². The molecule has 3 rings (SSSR count). The molecule has 0 aliphatic heterocycles. The number of halogens is 2. The first-order valence-electron chi connectivity index (χ1n) is 8.08. The van der Waals surface area contributed by atoms with Gasteiger partial charge < -0.3 is 10.4 Å². The number of benzene rings is 3. The smallest absolute Gasteiger partial charge is 0.127 e. The molecule has 0 radical (unpaired) electrons. The SMILES string of the molecule is OC(CNCc1ccccc1Cl)(c1ccccc1)c1ccc(F)cc1. The van der Waals surface area contributed by atoms with Crippen molar-refractivity contribution in [2.24, 2.45) is 0 Å². The van der Waals surface area contributed by atoms with Crippen LogP contribution >= 0.6 is 11.6 Å². The van der Waals surface area contributed by atoms with Crippen molar-refractivity contribution in [3.63, 3.8) is 0 Å². The van der Waals surface area contributed by atoms with Crippen LogP contribution in [0.2, 0.25) is 5.02 Å². The largest absolute Gasteiger partial charge is 0.379 e. The fraction of sp³-hybridized carbons (Fsp3) is 0.143. The Morgan fingerprint density at radius 3 is 2.12 bits per heavy atom. The van der Waals surface area contributed by atoms with E-state index >= 15 is 0 Å². The number of aliphatic hydroxyl groups is 1. The quantitative estimate of drug-likeness (QED) is 0.682. The maximum Gasteiger partial charge on any atom is 0.127 e. The lowest BCUT2D eigenvalue weighted by Crippen LogP contribution is -2.39. The van der Waals surface area contributed by atoms with E-state index in [-0.39, 0.29) is 12.4 Å². The Hall–Kier alpha value is -2.20. The minimum atomic E-state index is -1.27. The topological polar surface area (TPSA) is 32.3 Å². The Morgan fingerprint density at radius 2 is 1.44 bits per heavy atom.